The quantitative estimate of drug-likeness (QED) is 0.690. The van der Waals surface area contributed by atoms with Gasteiger partial charge in [0.15, 0.2) is 27.7 Å². The summed E-state index contributed by atoms with van der Waals surface area (Å²) in [7, 11) is -3.53. The van der Waals surface area contributed by atoms with Crippen LogP contribution in [0.4, 0.5) is 10.1 Å². The maximum Gasteiger partial charge on any atom is 0.253 e. The number of carbonyl (C=O) groups excluding carboxylic acids is 2. The van der Waals surface area contributed by atoms with E-state index in [-0.39, 0.29) is 48.2 Å². The molecule has 9 heteroatoms. The maximum absolute atomic E-state index is 13.8. The summed E-state index contributed by atoms with van der Waals surface area (Å²) in [5.41, 5.74) is 0.669. The molecule has 0 spiro atoms. The number of phenolic OH excluding ortho intramolecular Hbond substituents is 1. The Balaban J connectivity index is 1.43. The summed E-state index contributed by atoms with van der Waals surface area (Å²) < 4.78 is 40.0. The molecule has 0 bridgehead atoms. The summed E-state index contributed by atoms with van der Waals surface area (Å²) in [6, 6.07) is 9.02. The second kappa shape index (κ2) is 8.90. The molecule has 0 atom stereocenters. The Morgan fingerprint density at radius 1 is 1.03 bits per heavy atom. The van der Waals surface area contributed by atoms with Gasteiger partial charge in [0.25, 0.3) is 5.91 Å². The van der Waals surface area contributed by atoms with E-state index in [9.17, 15) is 27.5 Å². The van der Waals surface area contributed by atoms with Crippen molar-refractivity contribution in [3.8, 4) is 5.75 Å². The first kappa shape index (κ1) is 22.3. The molecule has 2 aliphatic rings. The van der Waals surface area contributed by atoms with Gasteiger partial charge in [0.1, 0.15) is 0 Å². The minimum Gasteiger partial charge on any atom is -0.504 e. The first-order chi connectivity index (χ1) is 15.3. The lowest BCUT2D eigenvalue weighted by Gasteiger charge is -2.32. The van der Waals surface area contributed by atoms with Crippen molar-refractivity contribution in [2.24, 2.45) is 0 Å². The summed E-state index contributed by atoms with van der Waals surface area (Å²) in [5.74, 6) is -2.34. The van der Waals surface area contributed by atoms with Crippen LogP contribution in [-0.4, -0.2) is 62.0 Å². The van der Waals surface area contributed by atoms with Gasteiger partial charge in [0.2, 0.25) is 0 Å². The van der Waals surface area contributed by atoms with E-state index < -0.39 is 32.6 Å². The highest BCUT2D eigenvalue weighted by Crippen LogP contribution is 2.29. The van der Waals surface area contributed by atoms with E-state index >= 15 is 0 Å². The largest absolute Gasteiger partial charge is 0.504 e. The van der Waals surface area contributed by atoms with Crippen LogP contribution in [0.3, 0.4) is 0 Å². The van der Waals surface area contributed by atoms with Crippen molar-refractivity contribution in [1.29, 1.82) is 0 Å². The lowest BCUT2D eigenvalue weighted by Crippen LogP contribution is -2.42. The van der Waals surface area contributed by atoms with Crippen LogP contribution >= 0.6 is 0 Å². The number of nitrogens with zero attached hydrogens (tertiary/aromatic N) is 2. The topological polar surface area (TPSA) is 95.0 Å². The van der Waals surface area contributed by atoms with Crippen LogP contribution in [0.2, 0.25) is 0 Å². The Morgan fingerprint density at radius 2 is 1.66 bits per heavy atom. The lowest BCUT2D eigenvalue weighted by molar-refractivity contribution is 0.0725. The number of rotatable bonds is 5. The van der Waals surface area contributed by atoms with Crippen LogP contribution in [0.5, 0.6) is 5.75 Å². The molecule has 0 radical (unpaired) electrons. The summed E-state index contributed by atoms with van der Waals surface area (Å²) in [5, 5.41) is 8.92. The van der Waals surface area contributed by atoms with Crippen LogP contribution in [0, 0.1) is 5.82 Å². The number of aromatic hydroxyl groups is 1. The standard InChI is InChI=1S/C23H25FN2O5S/c24-21-14-16(13-17(15-27)22(21)28)23(29)26-11-7-20(8-12-26)32(30,31)19-5-3-18(4-6-19)25-9-1-2-10-25/h3-6,13-15,20,28H,1-2,7-12H2. The van der Waals surface area contributed by atoms with E-state index in [1.807, 2.05) is 12.1 Å². The number of phenols is 1. The minimum atomic E-state index is -3.53. The van der Waals surface area contributed by atoms with Gasteiger partial charge in [-0.3, -0.25) is 9.59 Å². The predicted molar refractivity (Wildman–Crippen MR) is 117 cm³/mol. The van der Waals surface area contributed by atoms with Crippen LogP contribution in [0.25, 0.3) is 0 Å². The van der Waals surface area contributed by atoms with Gasteiger partial charge in [-0.1, -0.05) is 0 Å². The van der Waals surface area contributed by atoms with Gasteiger partial charge in [-0.25, -0.2) is 12.8 Å². The zero-order valence-corrected chi connectivity index (χ0v) is 18.4. The minimum absolute atomic E-state index is 0.0544. The number of amides is 1. The van der Waals surface area contributed by atoms with Gasteiger partial charge in [-0.05, 0) is 62.1 Å². The number of hydrogen-bond donors (Lipinski definition) is 1. The van der Waals surface area contributed by atoms with Gasteiger partial charge >= 0.3 is 0 Å². The van der Waals surface area contributed by atoms with E-state index in [1.54, 1.807) is 12.1 Å². The highest BCUT2D eigenvalue weighted by molar-refractivity contribution is 7.92. The monoisotopic (exact) mass is 460 g/mol. The number of carbonyl (C=O) groups is 2. The van der Waals surface area contributed by atoms with E-state index in [1.165, 1.54) is 4.90 Å². The fourth-order valence-corrected chi connectivity index (χ4v) is 6.13. The van der Waals surface area contributed by atoms with Crippen molar-refractivity contribution in [3.05, 3.63) is 53.3 Å². The molecule has 7 nitrogen and oxygen atoms in total. The number of anilines is 1. The normalized spacial score (nSPS) is 17.5. The highest BCUT2D eigenvalue weighted by atomic mass is 32.2. The van der Waals surface area contributed by atoms with Crippen molar-refractivity contribution < 1.29 is 27.5 Å². The van der Waals surface area contributed by atoms with Crippen LogP contribution < -0.4 is 4.90 Å². The van der Waals surface area contributed by atoms with Gasteiger partial charge in [0, 0.05) is 37.4 Å². The average Bonchev–Trinajstić information content (AvgIpc) is 3.35. The third-order valence-electron chi connectivity index (χ3n) is 6.27. The molecule has 2 aromatic carbocycles. The Bertz CT molecular complexity index is 1120. The Labute approximate surface area is 186 Å². The second-order valence-corrected chi connectivity index (χ2v) is 10.5. The number of benzene rings is 2. The molecule has 2 aliphatic heterocycles. The van der Waals surface area contributed by atoms with E-state index in [2.05, 4.69) is 4.90 Å². The summed E-state index contributed by atoms with van der Waals surface area (Å²) in [6.07, 6.45) is 3.10. The molecule has 32 heavy (non-hydrogen) atoms. The molecule has 2 saturated heterocycles. The fraction of sp³-hybridized carbons (Fsp3) is 0.391. The summed E-state index contributed by atoms with van der Waals surface area (Å²) in [6.45, 7) is 2.37. The first-order valence-electron chi connectivity index (χ1n) is 10.7. The molecular weight excluding hydrogens is 435 g/mol. The van der Waals surface area contributed by atoms with Crippen molar-refractivity contribution >= 4 is 27.7 Å². The number of sulfone groups is 1. The maximum atomic E-state index is 13.8. The van der Waals surface area contributed by atoms with Crippen molar-refractivity contribution in [1.82, 2.24) is 4.90 Å². The third-order valence-corrected chi connectivity index (χ3v) is 8.55. The van der Waals surface area contributed by atoms with Crippen molar-refractivity contribution in [2.45, 2.75) is 35.8 Å². The van der Waals surface area contributed by atoms with Crippen LogP contribution in [-0.2, 0) is 9.84 Å². The molecule has 4 rings (SSSR count). The lowest BCUT2D eigenvalue weighted by atomic mass is 10.1. The summed E-state index contributed by atoms with van der Waals surface area (Å²) >= 11 is 0. The molecule has 1 N–H and O–H groups in total. The number of piperidine rings is 1. The summed E-state index contributed by atoms with van der Waals surface area (Å²) in [4.78, 5) is 27.7. The fourth-order valence-electron chi connectivity index (χ4n) is 4.40. The average molecular weight is 461 g/mol. The molecule has 0 aromatic heterocycles. The van der Waals surface area contributed by atoms with Crippen LogP contribution in [0.1, 0.15) is 46.4 Å². The van der Waals surface area contributed by atoms with Crippen molar-refractivity contribution in [3.63, 3.8) is 0 Å². The molecular formula is C23H25FN2O5S. The second-order valence-electron chi connectivity index (χ2n) is 8.24. The zero-order valence-electron chi connectivity index (χ0n) is 17.5. The Kier molecular flexibility index (Phi) is 6.19. The predicted octanol–water partition coefficient (Wildman–Crippen LogP) is 3.02. The molecule has 2 aromatic rings. The molecule has 0 unspecified atom stereocenters. The number of aldehydes is 1. The van der Waals surface area contributed by atoms with E-state index in [0.29, 0.717) is 0 Å². The molecule has 0 aliphatic carbocycles. The number of halogens is 1. The molecule has 2 fully saturated rings. The van der Waals surface area contributed by atoms with Crippen molar-refractivity contribution in [2.75, 3.05) is 31.1 Å². The van der Waals surface area contributed by atoms with Gasteiger partial charge < -0.3 is 14.9 Å². The third kappa shape index (κ3) is 4.21. The van der Waals surface area contributed by atoms with Gasteiger partial charge in [0.05, 0.1) is 15.7 Å². The van der Waals surface area contributed by atoms with Gasteiger partial charge in [-0.15, -0.1) is 0 Å². The highest BCUT2D eigenvalue weighted by Gasteiger charge is 2.33. The zero-order chi connectivity index (χ0) is 22.9. The Morgan fingerprint density at radius 3 is 2.25 bits per heavy atom. The first-order valence-corrected chi connectivity index (χ1v) is 12.2. The molecule has 1 amide bonds. The Hall–Kier alpha value is -2.94. The van der Waals surface area contributed by atoms with Gasteiger partial charge in [-0.2, -0.15) is 0 Å². The smallest absolute Gasteiger partial charge is 0.253 e. The van der Waals surface area contributed by atoms with E-state index in [4.69, 9.17) is 0 Å². The number of likely N-dealkylation sites (tertiary alicyclic amines) is 1. The van der Waals surface area contributed by atoms with Crippen LogP contribution in [0.15, 0.2) is 41.3 Å². The molecule has 2 heterocycles. The number of hydrogen-bond acceptors (Lipinski definition) is 6. The SMILES string of the molecule is O=Cc1cc(C(=O)N2CCC(S(=O)(=O)c3ccc(N4CCCC4)cc3)CC2)cc(F)c1O. The van der Waals surface area contributed by atoms with E-state index in [0.717, 1.165) is 43.8 Å². The molecule has 170 valence electrons. The molecule has 0 saturated carbocycles.